The van der Waals surface area contributed by atoms with Crippen LogP contribution in [-0.4, -0.2) is 38.1 Å². The molecule has 2 aromatic rings. The number of nitrogens with zero attached hydrogens (tertiary/aromatic N) is 2. The van der Waals surface area contributed by atoms with Crippen molar-refractivity contribution in [2.24, 2.45) is 22.7 Å². The van der Waals surface area contributed by atoms with Crippen LogP contribution < -0.4 is 0 Å². The number of halogens is 4. The number of allylic oxidation sites excluding steroid dienone is 3. The monoisotopic (exact) mass is 490 g/mol. The van der Waals surface area contributed by atoms with Crippen LogP contribution >= 0.6 is 0 Å². The minimum atomic E-state index is -5.25. The number of carbonyl (C=O) groups is 2. The number of aromatic nitrogens is 2. The zero-order chi connectivity index (χ0) is 25.3. The van der Waals surface area contributed by atoms with Gasteiger partial charge >= 0.3 is 18.1 Å². The lowest BCUT2D eigenvalue weighted by molar-refractivity contribution is -0.264. The van der Waals surface area contributed by atoms with Crippen molar-refractivity contribution in [1.82, 2.24) is 9.78 Å². The smallest absolute Gasteiger partial charge is 0.406 e. The van der Waals surface area contributed by atoms with Crippen LogP contribution in [0, 0.1) is 28.5 Å². The van der Waals surface area contributed by atoms with Crippen LogP contribution in [0.2, 0.25) is 0 Å². The van der Waals surface area contributed by atoms with E-state index in [-0.39, 0.29) is 12.8 Å². The number of carboxylic acid groups (broad SMARTS) is 2. The van der Waals surface area contributed by atoms with E-state index >= 15 is 0 Å². The van der Waals surface area contributed by atoms with Crippen LogP contribution in [0.4, 0.5) is 17.6 Å². The first-order valence-electron chi connectivity index (χ1n) is 11.2. The molecule has 6 nitrogen and oxygen atoms in total. The number of hydrogen-bond donors (Lipinski definition) is 2. The summed E-state index contributed by atoms with van der Waals surface area (Å²) >= 11 is 0. The summed E-state index contributed by atoms with van der Waals surface area (Å²) in [5, 5.41) is 23.9. The molecule has 5 rings (SSSR count). The third kappa shape index (κ3) is 3.11. The van der Waals surface area contributed by atoms with E-state index in [9.17, 15) is 37.4 Å². The van der Waals surface area contributed by atoms with Gasteiger partial charge in [0.1, 0.15) is 5.82 Å². The first-order valence-corrected chi connectivity index (χ1v) is 11.2. The van der Waals surface area contributed by atoms with Gasteiger partial charge in [0.25, 0.3) is 0 Å². The first kappa shape index (κ1) is 23.3. The Balaban J connectivity index is 1.63. The van der Waals surface area contributed by atoms with E-state index in [0.717, 1.165) is 16.8 Å². The van der Waals surface area contributed by atoms with Crippen molar-refractivity contribution in [2.75, 3.05) is 0 Å². The second-order valence-electron chi connectivity index (χ2n) is 9.67. The second kappa shape index (κ2) is 7.53. The molecule has 184 valence electrons. The predicted molar refractivity (Wildman–Crippen MR) is 116 cm³/mol. The van der Waals surface area contributed by atoms with Crippen LogP contribution in [0.3, 0.4) is 0 Å². The molecule has 1 aromatic carbocycles. The Hall–Kier alpha value is -3.43. The number of hydrogen-bond acceptors (Lipinski definition) is 3. The van der Waals surface area contributed by atoms with Gasteiger partial charge in [0.2, 0.25) is 0 Å². The Morgan fingerprint density at radius 2 is 1.86 bits per heavy atom. The number of rotatable bonds is 3. The SMILES string of the molecule is C[C@]12Cc3cnn(-c4ccc(F)cc4)c3C=C1CC[C@@H]1C2=CC[C@H](C(=O)O)[C@@]1(C(=O)O)C(F)(F)F. The number of alkyl halides is 3. The van der Waals surface area contributed by atoms with Crippen molar-refractivity contribution < 1.29 is 37.4 Å². The van der Waals surface area contributed by atoms with Crippen molar-refractivity contribution in [1.29, 1.82) is 0 Å². The van der Waals surface area contributed by atoms with E-state index in [4.69, 9.17) is 0 Å². The molecule has 0 bridgehead atoms. The third-order valence-electron chi connectivity index (χ3n) is 8.03. The summed E-state index contributed by atoms with van der Waals surface area (Å²) in [6, 6.07) is 5.77. The van der Waals surface area contributed by atoms with Gasteiger partial charge in [-0.2, -0.15) is 18.3 Å². The minimum absolute atomic E-state index is 0.136. The van der Waals surface area contributed by atoms with Crippen LogP contribution in [0.25, 0.3) is 11.8 Å². The van der Waals surface area contributed by atoms with Gasteiger partial charge in [0, 0.05) is 11.3 Å². The van der Waals surface area contributed by atoms with E-state index < -0.39 is 53.0 Å². The molecule has 1 fully saturated rings. The van der Waals surface area contributed by atoms with E-state index in [2.05, 4.69) is 5.10 Å². The molecule has 0 unspecified atom stereocenters. The number of benzene rings is 1. The molecule has 3 aliphatic rings. The van der Waals surface area contributed by atoms with Gasteiger partial charge in [-0.05, 0) is 61.6 Å². The molecule has 0 radical (unpaired) electrons. The van der Waals surface area contributed by atoms with Crippen molar-refractivity contribution in [3.8, 4) is 5.69 Å². The van der Waals surface area contributed by atoms with E-state index in [1.165, 1.54) is 18.2 Å². The fraction of sp³-hybridized carbons (Fsp3) is 0.400. The Bertz CT molecular complexity index is 1290. The average Bonchev–Trinajstić information content (AvgIpc) is 3.17. The summed E-state index contributed by atoms with van der Waals surface area (Å²) in [5.41, 5.74) is -1.01. The Morgan fingerprint density at radius 3 is 2.46 bits per heavy atom. The van der Waals surface area contributed by atoms with Crippen LogP contribution in [-0.2, 0) is 16.0 Å². The summed E-state index contributed by atoms with van der Waals surface area (Å²) in [5.74, 6) is -7.91. The van der Waals surface area contributed by atoms with Gasteiger partial charge in [-0.1, -0.05) is 24.1 Å². The van der Waals surface area contributed by atoms with Crippen molar-refractivity contribution in [3.63, 3.8) is 0 Å². The summed E-state index contributed by atoms with van der Waals surface area (Å²) < 4.78 is 58.5. The number of carboxylic acids is 2. The van der Waals surface area contributed by atoms with Crippen molar-refractivity contribution in [3.05, 3.63) is 64.8 Å². The molecular formula is C25H22F4N2O4. The third-order valence-corrected chi connectivity index (χ3v) is 8.03. The maximum Gasteiger partial charge on any atom is 0.406 e. The van der Waals surface area contributed by atoms with E-state index in [1.54, 1.807) is 29.9 Å². The summed E-state index contributed by atoms with van der Waals surface area (Å²) in [6.07, 6.45) is -0.437. The highest BCUT2D eigenvalue weighted by Gasteiger charge is 2.73. The lowest BCUT2D eigenvalue weighted by Crippen LogP contribution is -2.61. The standard InChI is InChI=1S/C25H22F4N2O4/c1-23-11-13-12-30-31(16-5-3-15(26)4-6-16)20(13)10-14(23)2-7-18-17(23)8-9-19(21(32)33)24(18,22(34)35)25(27,28)29/h3-6,8,10,12,18-19H,2,7,9,11H2,1H3,(H,32,33)(H,34,35)/t18-,19-,23+,24+/m1/s1. The highest BCUT2D eigenvalue weighted by molar-refractivity contribution is 5.86. The predicted octanol–water partition coefficient (Wildman–Crippen LogP) is 5.03. The van der Waals surface area contributed by atoms with Gasteiger partial charge in [-0.15, -0.1) is 0 Å². The largest absolute Gasteiger partial charge is 0.481 e. The number of aliphatic carboxylic acids is 2. The van der Waals surface area contributed by atoms with Crippen molar-refractivity contribution >= 4 is 18.0 Å². The van der Waals surface area contributed by atoms with Crippen LogP contribution in [0.5, 0.6) is 0 Å². The summed E-state index contributed by atoms with van der Waals surface area (Å²) in [4.78, 5) is 24.1. The van der Waals surface area contributed by atoms with E-state index in [1.807, 2.05) is 6.08 Å². The minimum Gasteiger partial charge on any atom is -0.481 e. The lowest BCUT2D eigenvalue weighted by atomic mass is 9.48. The molecular weight excluding hydrogens is 468 g/mol. The normalized spacial score (nSPS) is 29.9. The van der Waals surface area contributed by atoms with Gasteiger partial charge in [-0.3, -0.25) is 9.59 Å². The maximum atomic E-state index is 14.5. The highest BCUT2D eigenvalue weighted by Crippen LogP contribution is 2.65. The molecule has 0 spiro atoms. The molecule has 1 saturated carbocycles. The van der Waals surface area contributed by atoms with Gasteiger partial charge in [-0.25, -0.2) is 9.07 Å². The summed E-state index contributed by atoms with van der Waals surface area (Å²) in [7, 11) is 0. The molecule has 0 amide bonds. The molecule has 1 heterocycles. The summed E-state index contributed by atoms with van der Waals surface area (Å²) in [6.45, 7) is 1.79. The molecule has 35 heavy (non-hydrogen) atoms. The zero-order valence-corrected chi connectivity index (χ0v) is 18.6. The number of fused-ring (bicyclic) bond motifs is 4. The average molecular weight is 490 g/mol. The highest BCUT2D eigenvalue weighted by atomic mass is 19.4. The van der Waals surface area contributed by atoms with Crippen LogP contribution in [0.15, 0.2) is 47.7 Å². The Kier molecular flexibility index (Phi) is 5.02. The Morgan fingerprint density at radius 1 is 1.17 bits per heavy atom. The Labute approximate surface area is 197 Å². The molecule has 2 N–H and O–H groups in total. The lowest BCUT2D eigenvalue weighted by Gasteiger charge is -2.54. The zero-order valence-electron chi connectivity index (χ0n) is 18.6. The van der Waals surface area contributed by atoms with Gasteiger partial charge < -0.3 is 10.2 Å². The topological polar surface area (TPSA) is 92.4 Å². The fourth-order valence-corrected chi connectivity index (χ4v) is 6.39. The molecule has 0 aliphatic heterocycles. The molecule has 1 aromatic heterocycles. The molecule has 0 saturated heterocycles. The second-order valence-corrected chi connectivity index (χ2v) is 9.67. The molecule has 4 atom stereocenters. The molecule has 3 aliphatic carbocycles. The maximum absolute atomic E-state index is 14.5. The van der Waals surface area contributed by atoms with Crippen molar-refractivity contribution in [2.45, 2.75) is 38.8 Å². The first-order chi connectivity index (χ1) is 16.4. The van der Waals surface area contributed by atoms with E-state index in [0.29, 0.717) is 17.7 Å². The van der Waals surface area contributed by atoms with Gasteiger partial charge in [0.15, 0.2) is 5.41 Å². The quantitative estimate of drug-likeness (QED) is 0.465. The molecule has 10 heteroatoms. The van der Waals surface area contributed by atoms with Gasteiger partial charge in [0.05, 0.1) is 23.5 Å². The van der Waals surface area contributed by atoms with Crippen LogP contribution in [0.1, 0.15) is 37.4 Å². The fourth-order valence-electron chi connectivity index (χ4n) is 6.39.